The molecule has 0 radical (unpaired) electrons. The van der Waals surface area contributed by atoms with E-state index in [1.54, 1.807) is 13.0 Å². The van der Waals surface area contributed by atoms with E-state index in [1.165, 1.54) is 35.6 Å². The maximum Gasteiger partial charge on any atom is 0.479 e. The fourth-order valence-corrected chi connectivity index (χ4v) is 5.40. The van der Waals surface area contributed by atoms with Crippen molar-refractivity contribution in [2.45, 2.75) is 25.7 Å². The molecule has 12 heteroatoms. The van der Waals surface area contributed by atoms with Gasteiger partial charge < -0.3 is 24.5 Å². The van der Waals surface area contributed by atoms with Crippen molar-refractivity contribution >= 4 is 39.7 Å². The molecule has 0 spiro atoms. The number of sulfonamides is 1. The highest BCUT2D eigenvalue weighted by Crippen LogP contribution is 2.48. The number of rotatable bonds is 11. The Morgan fingerprint density at radius 2 is 1.95 bits per heavy atom. The number of fused-ring (bicyclic) bond motifs is 1. The van der Waals surface area contributed by atoms with E-state index in [1.807, 2.05) is 6.07 Å². The van der Waals surface area contributed by atoms with Crippen LogP contribution in [0.25, 0.3) is 22.3 Å². The van der Waals surface area contributed by atoms with Crippen molar-refractivity contribution in [3.63, 3.8) is 0 Å². The quantitative estimate of drug-likeness (QED) is 0.324. The van der Waals surface area contributed by atoms with Crippen LogP contribution in [0.1, 0.15) is 41.6 Å². The third-order valence-electron chi connectivity index (χ3n) is 6.23. The molecule has 1 atom stereocenters. The molecule has 1 fully saturated rings. The second kappa shape index (κ2) is 10.8. The Morgan fingerprint density at radius 1 is 1.27 bits per heavy atom. The van der Waals surface area contributed by atoms with Gasteiger partial charge in [0.15, 0.2) is 0 Å². The number of carbonyl (C=O) groups is 1. The Hall–Kier alpha value is -2.93. The zero-order valence-electron chi connectivity index (χ0n) is 20.9. The standard InChI is InChI=1S/C25H30BFN2O7S/c1-15(13-35-14-26(31)32)12-29(37(3,33)34)21-11-22-20(10-19(21)16-4-5-16)23(25(30)28-2)24(36-22)17-6-8-18(27)9-7-17/h6-11,15-16,31-32H,4-5,12-14H2,1-3H3,(H,28,30)/t15-/m1/s1. The van der Waals surface area contributed by atoms with Gasteiger partial charge in [0, 0.05) is 30.6 Å². The molecule has 1 heterocycles. The lowest BCUT2D eigenvalue weighted by Crippen LogP contribution is -2.36. The van der Waals surface area contributed by atoms with Crippen molar-refractivity contribution in [1.82, 2.24) is 5.32 Å². The van der Waals surface area contributed by atoms with Crippen LogP contribution in [0.15, 0.2) is 40.8 Å². The zero-order valence-corrected chi connectivity index (χ0v) is 21.7. The second-order valence-electron chi connectivity index (χ2n) is 9.49. The van der Waals surface area contributed by atoms with Gasteiger partial charge in [-0.3, -0.25) is 9.10 Å². The number of carbonyl (C=O) groups excluding carboxylic acids is 1. The Morgan fingerprint density at radius 3 is 2.51 bits per heavy atom. The number of halogens is 1. The predicted molar refractivity (Wildman–Crippen MR) is 139 cm³/mol. The van der Waals surface area contributed by atoms with Gasteiger partial charge in [0.1, 0.15) is 17.2 Å². The zero-order chi connectivity index (χ0) is 26.9. The van der Waals surface area contributed by atoms with Crippen molar-refractivity contribution in [1.29, 1.82) is 0 Å². The first-order valence-corrected chi connectivity index (χ1v) is 13.8. The van der Waals surface area contributed by atoms with Gasteiger partial charge in [-0.2, -0.15) is 0 Å². The van der Waals surface area contributed by atoms with Gasteiger partial charge in [0.2, 0.25) is 10.0 Å². The van der Waals surface area contributed by atoms with E-state index >= 15 is 0 Å². The lowest BCUT2D eigenvalue weighted by atomic mass is 9.95. The average molecular weight is 532 g/mol. The first-order valence-electron chi connectivity index (χ1n) is 12.0. The highest BCUT2D eigenvalue weighted by Gasteiger charge is 2.33. The Balaban J connectivity index is 1.83. The molecule has 1 saturated carbocycles. The van der Waals surface area contributed by atoms with Gasteiger partial charge in [-0.15, -0.1) is 0 Å². The summed E-state index contributed by atoms with van der Waals surface area (Å²) in [5.41, 5.74) is 2.41. The van der Waals surface area contributed by atoms with Crippen LogP contribution in [-0.4, -0.2) is 64.5 Å². The number of nitrogens with one attached hydrogen (secondary N) is 1. The largest absolute Gasteiger partial charge is 0.479 e. The molecule has 1 aromatic heterocycles. The first-order chi connectivity index (χ1) is 17.5. The Labute approximate surface area is 215 Å². The molecule has 37 heavy (non-hydrogen) atoms. The molecule has 0 unspecified atom stereocenters. The molecule has 0 aliphatic heterocycles. The van der Waals surface area contributed by atoms with Crippen LogP contribution >= 0.6 is 0 Å². The molecular formula is C25H30BFN2O7S. The second-order valence-corrected chi connectivity index (χ2v) is 11.4. The summed E-state index contributed by atoms with van der Waals surface area (Å²) >= 11 is 0. The van der Waals surface area contributed by atoms with E-state index in [0.29, 0.717) is 27.8 Å². The van der Waals surface area contributed by atoms with Crippen LogP contribution in [0.5, 0.6) is 0 Å². The van der Waals surface area contributed by atoms with Crippen LogP contribution in [0.4, 0.5) is 10.1 Å². The van der Waals surface area contributed by atoms with E-state index in [2.05, 4.69) is 5.32 Å². The summed E-state index contributed by atoms with van der Waals surface area (Å²) in [6.07, 6.45) is 2.91. The van der Waals surface area contributed by atoms with E-state index in [9.17, 15) is 17.6 Å². The number of amides is 1. The minimum absolute atomic E-state index is 0.0966. The van der Waals surface area contributed by atoms with E-state index in [-0.39, 0.29) is 43.2 Å². The van der Waals surface area contributed by atoms with Gasteiger partial charge in [0.05, 0.1) is 30.6 Å². The molecule has 2 aromatic carbocycles. The van der Waals surface area contributed by atoms with Crippen LogP contribution in [-0.2, 0) is 14.8 Å². The van der Waals surface area contributed by atoms with Gasteiger partial charge in [-0.1, -0.05) is 6.92 Å². The molecule has 1 aliphatic carbocycles. The molecule has 3 N–H and O–H groups in total. The fraction of sp³-hybridized carbons (Fsp3) is 0.400. The SMILES string of the molecule is CNC(=O)c1c(-c2ccc(F)cc2)oc2cc(N(C[C@@H](C)COCB(O)O)S(C)(=O)=O)c(C3CC3)cc12. The molecule has 1 amide bonds. The lowest BCUT2D eigenvalue weighted by Gasteiger charge is -2.28. The predicted octanol–water partition coefficient (Wildman–Crippen LogP) is 2.91. The summed E-state index contributed by atoms with van der Waals surface area (Å²) in [7, 11) is -3.81. The van der Waals surface area contributed by atoms with E-state index in [4.69, 9.17) is 19.2 Å². The van der Waals surface area contributed by atoms with Crippen LogP contribution < -0.4 is 9.62 Å². The summed E-state index contributed by atoms with van der Waals surface area (Å²) < 4.78 is 52.1. The maximum atomic E-state index is 13.5. The van der Waals surface area contributed by atoms with Crippen LogP contribution in [0, 0.1) is 11.7 Å². The van der Waals surface area contributed by atoms with Gasteiger partial charge >= 0.3 is 7.12 Å². The summed E-state index contributed by atoms with van der Waals surface area (Å²) in [5.74, 6) is -0.645. The minimum atomic E-state index is -3.72. The number of hydrogen-bond donors (Lipinski definition) is 3. The number of hydrogen-bond acceptors (Lipinski definition) is 7. The van der Waals surface area contributed by atoms with Gasteiger partial charge in [-0.25, -0.2) is 12.8 Å². The molecule has 0 saturated heterocycles. The number of furan rings is 1. The normalized spacial score (nSPS) is 14.5. The smallest absolute Gasteiger partial charge is 0.455 e. The molecular weight excluding hydrogens is 502 g/mol. The molecule has 3 aromatic rings. The Kier molecular flexibility index (Phi) is 7.93. The van der Waals surface area contributed by atoms with Crippen molar-refractivity contribution in [2.75, 3.05) is 37.3 Å². The highest BCUT2D eigenvalue weighted by molar-refractivity contribution is 7.92. The highest BCUT2D eigenvalue weighted by atomic mass is 32.2. The van der Waals surface area contributed by atoms with Crippen LogP contribution in [0.3, 0.4) is 0 Å². The Bertz CT molecular complexity index is 1390. The maximum absolute atomic E-state index is 13.5. The van der Waals surface area contributed by atoms with Gasteiger partial charge in [0.25, 0.3) is 5.91 Å². The summed E-state index contributed by atoms with van der Waals surface area (Å²) in [6, 6.07) is 9.08. The van der Waals surface area contributed by atoms with Crippen molar-refractivity contribution in [3.05, 3.63) is 53.3 Å². The summed E-state index contributed by atoms with van der Waals surface area (Å²) in [6.45, 7) is 1.75. The third-order valence-corrected chi connectivity index (χ3v) is 7.38. The van der Waals surface area contributed by atoms with E-state index in [0.717, 1.165) is 24.7 Å². The molecule has 4 rings (SSSR count). The molecule has 1 aliphatic rings. The molecule has 198 valence electrons. The third kappa shape index (κ3) is 6.15. The van der Waals surface area contributed by atoms with Gasteiger partial charge in [-0.05, 0) is 60.6 Å². The number of benzene rings is 2. The van der Waals surface area contributed by atoms with Crippen molar-refractivity contribution < 1.29 is 36.8 Å². The summed E-state index contributed by atoms with van der Waals surface area (Å²) in [4.78, 5) is 12.9. The monoisotopic (exact) mass is 532 g/mol. The fourth-order valence-electron chi connectivity index (χ4n) is 4.36. The minimum Gasteiger partial charge on any atom is -0.455 e. The van der Waals surface area contributed by atoms with Crippen molar-refractivity contribution in [2.24, 2.45) is 5.92 Å². The topological polar surface area (TPSA) is 129 Å². The number of ether oxygens (including phenoxy) is 1. The lowest BCUT2D eigenvalue weighted by molar-refractivity contribution is 0.0964. The van der Waals surface area contributed by atoms with E-state index < -0.39 is 23.0 Å². The molecule has 9 nitrogen and oxygen atoms in total. The summed E-state index contributed by atoms with van der Waals surface area (Å²) in [5, 5.41) is 21.2. The van der Waals surface area contributed by atoms with Crippen molar-refractivity contribution in [3.8, 4) is 11.3 Å². The van der Waals surface area contributed by atoms with Crippen LogP contribution in [0.2, 0.25) is 0 Å². The molecule has 0 bridgehead atoms. The number of nitrogens with zero attached hydrogens (tertiary/aromatic N) is 1. The average Bonchev–Trinajstić information content (AvgIpc) is 3.61. The first kappa shape index (κ1) is 27.1. The number of anilines is 1.